The van der Waals surface area contributed by atoms with Crippen molar-refractivity contribution in [2.75, 3.05) is 144 Å². The van der Waals surface area contributed by atoms with Crippen LogP contribution in [0.1, 0.15) is 382 Å². The van der Waals surface area contributed by atoms with Gasteiger partial charge in [0.25, 0.3) is 0 Å². The fraction of sp³-hybridized carbons (Fsp3) is 0.882. The minimum Gasteiger partial charge on any atom is -0.390 e. The fourth-order valence-electron chi connectivity index (χ4n) is 18.9. The maximum atomic E-state index is 12.8. The third-order valence-electron chi connectivity index (χ3n) is 28.9. The third-order valence-corrected chi connectivity index (χ3v) is 32.0. The first-order valence-corrected chi connectivity index (χ1v) is 60.4. The molecule has 2 aromatic carbocycles. The Labute approximate surface area is 888 Å². The number of nitrogens with one attached hydrogen (secondary N) is 9. The summed E-state index contributed by atoms with van der Waals surface area (Å²) >= 11 is 3.89. The predicted octanol–water partition coefficient (Wildman–Crippen LogP) is 25.5. The van der Waals surface area contributed by atoms with Crippen LogP contribution in [0.5, 0.6) is 0 Å². The van der Waals surface area contributed by atoms with Crippen LogP contribution in [0.15, 0.2) is 86.5 Å². The molecule has 8 fully saturated rings. The van der Waals surface area contributed by atoms with Crippen molar-refractivity contribution >= 4 is 33.3 Å². The van der Waals surface area contributed by atoms with Crippen LogP contribution >= 0.6 is 23.5 Å². The largest absolute Gasteiger partial charge is 0.394 e. The molecule has 143 heavy (non-hydrogen) atoms. The van der Waals surface area contributed by atoms with Crippen LogP contribution in [0.4, 0.5) is 13.2 Å². The van der Waals surface area contributed by atoms with E-state index in [1.54, 1.807) is 18.1 Å². The highest BCUT2D eigenvalue weighted by Gasteiger charge is 2.54. The molecule has 2 saturated heterocycles. The van der Waals surface area contributed by atoms with E-state index in [9.17, 15) is 27.6 Å². The second-order valence-electron chi connectivity index (χ2n) is 55.3. The molecule has 11 rings (SSSR count). The molecule has 7 aliphatic carbocycles. The highest BCUT2D eigenvalue weighted by molar-refractivity contribution is 7.99. The number of hydrogen-bond donors (Lipinski definition) is 11. The zero-order chi connectivity index (χ0) is 108. The molecule has 2 heterocycles. The van der Waals surface area contributed by atoms with Crippen LogP contribution in [0.2, 0.25) is 0 Å². The van der Waals surface area contributed by atoms with Crippen molar-refractivity contribution in [2.24, 2.45) is 63.0 Å². The number of morpholine rings is 1. The van der Waals surface area contributed by atoms with Gasteiger partial charge in [-0.2, -0.15) is 13.2 Å². The van der Waals surface area contributed by atoms with Crippen molar-refractivity contribution in [3.05, 3.63) is 72.3 Å². The number of allylic oxidation sites excluding steroid dienone is 2. The highest BCUT2D eigenvalue weighted by atomic mass is 32.2. The van der Waals surface area contributed by atoms with Gasteiger partial charge in [0.1, 0.15) is 0 Å². The monoisotopic (exact) mass is 2080 g/mol. The lowest BCUT2D eigenvalue weighted by Gasteiger charge is -2.39. The van der Waals surface area contributed by atoms with Gasteiger partial charge in [-0.3, -0.25) is 9.11 Å². The summed E-state index contributed by atoms with van der Waals surface area (Å²) in [5, 5.41) is 51.9. The number of halogens is 3. The van der Waals surface area contributed by atoms with E-state index in [0.717, 1.165) is 208 Å². The van der Waals surface area contributed by atoms with Crippen molar-refractivity contribution in [1.29, 1.82) is 0 Å². The molecule has 11 N–H and O–H groups in total. The SMILES string of the molecule is CC(C)(C)NCC1CCC(C)(C(F)(F)F)CC1.CC(C)(C)NCC1CCC(N=S(C)(C)=O)CC1.CC(C)(C)NCC1[C@@H]2COC[C@@H]12.CC(C)(C)N[C@H](CCN1CCOCC1)CSc1ccccc1.CC1(O)CCC(CNC(C)(C)C)CC1.CC1(O)CCC(CNC(C)(C)C)CC1.CC1=CC[C@@H](CNC(C)(C)C)CC1.CN(C)CC[C@H](CSc1ccccc1)NC(C)(C)C.COC1(C)CCC(CNC(C)(C)C)CC1. The predicted molar refractivity (Wildman–Crippen MR) is 616 cm³/mol. The molecule has 0 bridgehead atoms. The summed E-state index contributed by atoms with van der Waals surface area (Å²) in [5.74, 6) is 9.31. The van der Waals surface area contributed by atoms with Gasteiger partial charge in [-0.15, -0.1) is 23.5 Å². The molecule has 0 amide bonds. The van der Waals surface area contributed by atoms with Gasteiger partial charge in [0.2, 0.25) is 0 Å². The van der Waals surface area contributed by atoms with Crippen molar-refractivity contribution in [2.45, 2.75) is 483 Å². The van der Waals surface area contributed by atoms with E-state index in [1.165, 1.54) is 100 Å². The quantitative estimate of drug-likeness (QED) is 0.0259. The van der Waals surface area contributed by atoms with Gasteiger partial charge in [0, 0.05) is 126 Å². The van der Waals surface area contributed by atoms with Crippen LogP contribution in [-0.4, -0.2) is 259 Å². The molecule has 24 heteroatoms. The summed E-state index contributed by atoms with van der Waals surface area (Å²) in [7, 11) is 4.20. The first-order valence-electron chi connectivity index (χ1n) is 56.1. The smallest absolute Gasteiger partial charge is 0.390 e. The van der Waals surface area contributed by atoms with Gasteiger partial charge in [-0.05, 0) is 526 Å². The molecular weight excluding hydrogens is 1850 g/mol. The molecule has 5 atom stereocenters. The van der Waals surface area contributed by atoms with E-state index in [-0.39, 0.29) is 68.3 Å². The average molecular weight is 2080 g/mol. The van der Waals surface area contributed by atoms with E-state index in [2.05, 4.69) is 344 Å². The normalized spacial score (nSPS) is 27.4. The van der Waals surface area contributed by atoms with Crippen LogP contribution in [0, 0.1) is 58.7 Å². The molecule has 0 aromatic heterocycles. The van der Waals surface area contributed by atoms with Gasteiger partial charge in [-0.1, -0.05) is 55.0 Å². The highest BCUT2D eigenvalue weighted by Crippen LogP contribution is 2.51. The Morgan fingerprint density at radius 2 is 0.783 bits per heavy atom. The molecule has 6 saturated carbocycles. The Morgan fingerprint density at radius 1 is 0.455 bits per heavy atom. The summed E-state index contributed by atoms with van der Waals surface area (Å²) in [6.45, 7) is 85.2. The first-order chi connectivity index (χ1) is 65.6. The van der Waals surface area contributed by atoms with Crippen molar-refractivity contribution in [3.63, 3.8) is 0 Å². The summed E-state index contributed by atoms with van der Waals surface area (Å²) in [5.41, 5.74) is 1.33. The number of thioether (sulfide) groups is 2. The summed E-state index contributed by atoms with van der Waals surface area (Å²) in [6.07, 6.45) is 28.2. The Morgan fingerprint density at radius 3 is 1.10 bits per heavy atom. The van der Waals surface area contributed by atoms with Gasteiger partial charge in [0.05, 0.1) is 54.7 Å². The molecule has 0 unspecified atom stereocenters. The lowest BCUT2D eigenvalue weighted by Crippen LogP contribution is -2.47. The molecule has 0 radical (unpaired) electrons. The minimum absolute atomic E-state index is 0.0464. The summed E-state index contributed by atoms with van der Waals surface area (Å²) in [6, 6.07) is 22.8. The molecule has 0 spiro atoms. The zero-order valence-electron chi connectivity index (χ0n) is 99.2. The molecular formula is C119H229F3N12O6S3. The number of alkyl halides is 3. The number of ether oxygens (including phenoxy) is 3. The molecule has 9 aliphatic rings. The third kappa shape index (κ3) is 70.1. The lowest BCUT2D eigenvalue weighted by molar-refractivity contribution is -0.229. The Bertz CT molecular complexity index is 3710. The minimum atomic E-state index is -4.05. The topological polar surface area (TPSA) is 212 Å². The molecule has 2 aliphatic heterocycles. The maximum Gasteiger partial charge on any atom is 0.394 e. The molecule has 2 aromatic rings. The van der Waals surface area contributed by atoms with Crippen molar-refractivity contribution in [3.8, 4) is 0 Å². The number of rotatable bonds is 30. The molecule has 840 valence electrons. The van der Waals surface area contributed by atoms with Crippen LogP contribution in [0.3, 0.4) is 0 Å². The van der Waals surface area contributed by atoms with Crippen molar-refractivity contribution in [1.82, 2.24) is 57.7 Å². The average Bonchev–Trinajstić information content (AvgIpc) is 1.60. The van der Waals surface area contributed by atoms with E-state index < -0.39 is 32.5 Å². The van der Waals surface area contributed by atoms with Gasteiger partial charge in [-0.25, -0.2) is 4.36 Å². The van der Waals surface area contributed by atoms with E-state index >= 15 is 0 Å². The Kier molecular flexibility index (Phi) is 59.6. The Hall–Kier alpha value is -2.02. The first kappa shape index (κ1) is 135. The van der Waals surface area contributed by atoms with E-state index in [4.69, 9.17) is 14.2 Å². The Balaban J connectivity index is 0.000000416. The van der Waals surface area contributed by atoms with Crippen LogP contribution in [0.25, 0.3) is 0 Å². The van der Waals surface area contributed by atoms with Gasteiger partial charge < -0.3 is 77.2 Å². The van der Waals surface area contributed by atoms with Gasteiger partial charge in [0.15, 0.2) is 0 Å². The number of fused-ring (bicyclic) bond motifs is 1. The van der Waals surface area contributed by atoms with Gasteiger partial charge >= 0.3 is 6.18 Å². The second kappa shape index (κ2) is 63.1. The fourth-order valence-corrected chi connectivity index (χ4v) is 21.9. The number of hydrogen-bond acceptors (Lipinski definition) is 20. The van der Waals surface area contributed by atoms with Crippen LogP contribution in [-0.2, 0) is 23.9 Å². The standard InChI is InChI=1S/C18H30N2OS.C16H28N2S.C13H24F3N.C13H28N2OS.C13H27NO.2C12H25NO.C12H23N.C10H19NO/c1-18(2,3)19-16(9-10-20-11-13-21-14-12-20)15-22-17-7-5-4-6-8-17;1-16(2,3)17-14(11-12-18(4)5)13-19-15-9-7-6-8-10-15;1-11(2,3)17-9-10-5-7-12(4,8-6-10)13(14,15)16;1-13(2,3)14-10-11-6-8-12(9-7-11)15-17(4,5)16;1-12(2,3)14-10-11-6-8-13(4,15-5)9-7-11;2*1-11(2,3)13-9-10-5-7-12(4,14)8-6-10;1-10-5-7-11(8-6-10)9-13-12(2,3)4;1-10(2,3)11-4-7-8-5-12-6-9(7)8/h4-8,16,19H,9-15H2,1-3H3;6-10,14,17H,11-13H2,1-5H3;10,17H,5-9H2,1-4H3;11-12,14H,6-10H2,1-5H3;11,14H,6-10H2,1-5H3;2*10,13-14H,5-9H2,1-4H3;5,11,13H,6-9H2,1-4H3;7-9,11H,4-6H2,1-3H3/t16-;14-;;;;;;11-;8-,9-/m11.....10/s1. The number of benzene rings is 2. The van der Waals surface area contributed by atoms with Crippen LogP contribution < -0.4 is 47.9 Å². The second-order valence-corrected chi connectivity index (χ2v) is 60.1. The molecule has 18 nitrogen and oxygen atoms in total. The van der Waals surface area contributed by atoms with E-state index in [1.807, 2.05) is 44.5 Å². The number of methoxy groups -OCH3 is 1. The lowest BCUT2D eigenvalue weighted by atomic mass is 9.71. The summed E-state index contributed by atoms with van der Waals surface area (Å²) < 4.78 is 70.8. The van der Waals surface area contributed by atoms with Crippen molar-refractivity contribution < 1.29 is 41.8 Å². The zero-order valence-corrected chi connectivity index (χ0v) is 102. The van der Waals surface area contributed by atoms with E-state index in [0.29, 0.717) is 36.9 Å². The maximum absolute atomic E-state index is 12.8. The summed E-state index contributed by atoms with van der Waals surface area (Å²) in [4.78, 5) is 7.49. The number of aliphatic hydroxyl groups is 2. The number of nitrogens with zero attached hydrogens (tertiary/aromatic N) is 3.